The molecular weight excluding hydrogens is 182 g/mol. The zero-order valence-electron chi connectivity index (χ0n) is 9.12. The molecule has 0 aromatic heterocycles. The van der Waals surface area contributed by atoms with Gasteiger partial charge in [-0.25, -0.2) is 0 Å². The molecule has 76 valence electrons. The number of nitrogens with two attached hydrogens (primary N) is 1. The van der Waals surface area contributed by atoms with Crippen LogP contribution < -0.4 is 5.73 Å². The van der Waals surface area contributed by atoms with E-state index in [0.717, 1.165) is 5.69 Å². The van der Waals surface area contributed by atoms with Crippen LogP contribution in [0.3, 0.4) is 0 Å². The minimum atomic E-state index is 0.817. The first kappa shape index (κ1) is 9.78. The van der Waals surface area contributed by atoms with Crippen molar-refractivity contribution in [2.75, 3.05) is 5.73 Å². The molecule has 0 amide bonds. The molecule has 2 aromatic rings. The quantitative estimate of drug-likeness (QED) is 0.692. The Morgan fingerprint density at radius 2 is 1.87 bits per heavy atom. The standard InChI is InChI=1S/C14H15N/c1-3-4-11-8-13-9-14(15)6-5-12(13)7-10(11)2/h3-9H,15H2,1-2H3/b4-3-. The van der Waals surface area contributed by atoms with Gasteiger partial charge in [0.05, 0.1) is 0 Å². The van der Waals surface area contributed by atoms with Crippen LogP contribution in [-0.4, -0.2) is 0 Å². The van der Waals surface area contributed by atoms with E-state index >= 15 is 0 Å². The van der Waals surface area contributed by atoms with Crippen LogP contribution in [0, 0.1) is 6.92 Å². The highest BCUT2D eigenvalue weighted by atomic mass is 14.5. The zero-order valence-corrected chi connectivity index (χ0v) is 9.12. The summed E-state index contributed by atoms with van der Waals surface area (Å²) < 4.78 is 0. The molecule has 1 nitrogen and oxygen atoms in total. The summed E-state index contributed by atoms with van der Waals surface area (Å²) in [7, 11) is 0. The first-order valence-electron chi connectivity index (χ1n) is 5.13. The Kier molecular flexibility index (Phi) is 2.46. The molecule has 1 heteroatoms. The Morgan fingerprint density at radius 3 is 2.60 bits per heavy atom. The third-order valence-corrected chi connectivity index (χ3v) is 2.60. The average Bonchev–Trinajstić information content (AvgIpc) is 2.20. The Balaban J connectivity index is 2.71. The molecule has 0 radical (unpaired) electrons. The van der Waals surface area contributed by atoms with E-state index < -0.39 is 0 Å². The monoisotopic (exact) mass is 197 g/mol. The van der Waals surface area contributed by atoms with Crippen molar-refractivity contribution in [2.24, 2.45) is 0 Å². The summed E-state index contributed by atoms with van der Waals surface area (Å²) in [6.07, 6.45) is 4.18. The van der Waals surface area contributed by atoms with Gasteiger partial charge >= 0.3 is 0 Å². The van der Waals surface area contributed by atoms with Gasteiger partial charge in [-0.05, 0) is 53.9 Å². The molecule has 2 N–H and O–H groups in total. The highest BCUT2D eigenvalue weighted by Gasteiger charge is 1.99. The molecule has 0 aliphatic carbocycles. The van der Waals surface area contributed by atoms with Gasteiger partial charge in [0.2, 0.25) is 0 Å². The molecule has 0 atom stereocenters. The Bertz CT molecular complexity index is 524. The molecule has 0 unspecified atom stereocenters. The van der Waals surface area contributed by atoms with Crippen molar-refractivity contribution < 1.29 is 0 Å². The van der Waals surface area contributed by atoms with Crippen molar-refractivity contribution >= 4 is 22.5 Å². The number of hydrogen-bond acceptors (Lipinski definition) is 1. The number of nitrogen functional groups attached to an aromatic ring is 1. The first-order chi connectivity index (χ1) is 7.20. The molecule has 0 saturated heterocycles. The Labute approximate surface area is 90.2 Å². The van der Waals surface area contributed by atoms with Crippen LogP contribution in [0.25, 0.3) is 16.8 Å². The van der Waals surface area contributed by atoms with Crippen LogP contribution in [0.4, 0.5) is 5.69 Å². The summed E-state index contributed by atoms with van der Waals surface area (Å²) in [6.45, 7) is 4.16. The average molecular weight is 197 g/mol. The van der Waals surface area contributed by atoms with Crippen molar-refractivity contribution in [3.05, 3.63) is 47.5 Å². The second kappa shape index (κ2) is 3.77. The van der Waals surface area contributed by atoms with Crippen LogP contribution in [-0.2, 0) is 0 Å². The van der Waals surface area contributed by atoms with Crippen LogP contribution in [0.15, 0.2) is 36.4 Å². The van der Waals surface area contributed by atoms with Crippen LogP contribution >= 0.6 is 0 Å². The van der Waals surface area contributed by atoms with Gasteiger partial charge in [-0.1, -0.05) is 24.3 Å². The summed E-state index contributed by atoms with van der Waals surface area (Å²) >= 11 is 0. The fourth-order valence-corrected chi connectivity index (χ4v) is 1.81. The molecule has 0 heterocycles. The molecule has 0 saturated carbocycles. The fraction of sp³-hybridized carbons (Fsp3) is 0.143. The Morgan fingerprint density at radius 1 is 1.07 bits per heavy atom. The maximum Gasteiger partial charge on any atom is 0.0320 e. The van der Waals surface area contributed by atoms with Crippen molar-refractivity contribution in [3.63, 3.8) is 0 Å². The van der Waals surface area contributed by atoms with E-state index in [4.69, 9.17) is 5.73 Å². The number of hydrogen-bond donors (Lipinski definition) is 1. The predicted octanol–water partition coefficient (Wildman–Crippen LogP) is 3.76. The summed E-state index contributed by atoms with van der Waals surface area (Å²) in [5.74, 6) is 0. The maximum absolute atomic E-state index is 5.77. The SMILES string of the molecule is C/C=C\c1cc2cc(N)ccc2cc1C. The van der Waals surface area contributed by atoms with E-state index in [1.807, 2.05) is 19.1 Å². The lowest BCUT2D eigenvalue weighted by Gasteiger charge is -2.05. The van der Waals surface area contributed by atoms with E-state index in [-0.39, 0.29) is 0 Å². The summed E-state index contributed by atoms with van der Waals surface area (Å²) in [5, 5.41) is 2.45. The van der Waals surface area contributed by atoms with E-state index in [1.54, 1.807) is 0 Å². The third kappa shape index (κ3) is 1.86. The van der Waals surface area contributed by atoms with Gasteiger partial charge in [0.25, 0.3) is 0 Å². The number of anilines is 1. The third-order valence-electron chi connectivity index (χ3n) is 2.60. The molecule has 0 aliphatic heterocycles. The lowest BCUT2D eigenvalue weighted by Crippen LogP contribution is -1.86. The number of allylic oxidation sites excluding steroid dienone is 1. The van der Waals surface area contributed by atoms with E-state index in [2.05, 4.69) is 37.3 Å². The van der Waals surface area contributed by atoms with Crippen molar-refractivity contribution in [1.29, 1.82) is 0 Å². The van der Waals surface area contributed by atoms with Crippen molar-refractivity contribution in [3.8, 4) is 0 Å². The fourth-order valence-electron chi connectivity index (χ4n) is 1.81. The molecule has 0 fully saturated rings. The number of benzene rings is 2. The highest BCUT2D eigenvalue weighted by Crippen LogP contribution is 2.22. The Hall–Kier alpha value is -1.76. The highest BCUT2D eigenvalue weighted by molar-refractivity contribution is 5.88. The number of rotatable bonds is 1. The van der Waals surface area contributed by atoms with Crippen LogP contribution in [0.5, 0.6) is 0 Å². The minimum Gasteiger partial charge on any atom is -0.399 e. The molecule has 2 aromatic carbocycles. The van der Waals surface area contributed by atoms with Gasteiger partial charge in [0.15, 0.2) is 0 Å². The maximum atomic E-state index is 5.77. The van der Waals surface area contributed by atoms with Gasteiger partial charge in [0, 0.05) is 5.69 Å². The lowest BCUT2D eigenvalue weighted by atomic mass is 10.0. The largest absolute Gasteiger partial charge is 0.399 e. The van der Waals surface area contributed by atoms with Crippen molar-refractivity contribution in [1.82, 2.24) is 0 Å². The molecule has 0 bridgehead atoms. The molecular formula is C14H15N. The lowest BCUT2D eigenvalue weighted by molar-refractivity contribution is 1.47. The number of aryl methyl sites for hydroxylation is 1. The molecule has 15 heavy (non-hydrogen) atoms. The topological polar surface area (TPSA) is 26.0 Å². The van der Waals surface area contributed by atoms with E-state index in [9.17, 15) is 0 Å². The molecule has 0 aliphatic rings. The normalized spacial score (nSPS) is 11.3. The zero-order chi connectivity index (χ0) is 10.8. The van der Waals surface area contributed by atoms with Crippen LogP contribution in [0.1, 0.15) is 18.1 Å². The number of fused-ring (bicyclic) bond motifs is 1. The van der Waals surface area contributed by atoms with Gasteiger partial charge in [-0.15, -0.1) is 0 Å². The van der Waals surface area contributed by atoms with Gasteiger partial charge in [-0.2, -0.15) is 0 Å². The summed E-state index contributed by atoms with van der Waals surface area (Å²) in [4.78, 5) is 0. The van der Waals surface area contributed by atoms with E-state index in [0.29, 0.717) is 0 Å². The minimum absolute atomic E-state index is 0.817. The van der Waals surface area contributed by atoms with E-state index in [1.165, 1.54) is 21.9 Å². The smallest absolute Gasteiger partial charge is 0.0320 e. The predicted molar refractivity (Wildman–Crippen MR) is 67.8 cm³/mol. The van der Waals surface area contributed by atoms with Gasteiger partial charge in [0.1, 0.15) is 0 Å². The van der Waals surface area contributed by atoms with Gasteiger partial charge in [-0.3, -0.25) is 0 Å². The van der Waals surface area contributed by atoms with Gasteiger partial charge < -0.3 is 5.73 Å². The first-order valence-corrected chi connectivity index (χ1v) is 5.13. The second-order valence-corrected chi connectivity index (χ2v) is 3.82. The molecule has 0 spiro atoms. The van der Waals surface area contributed by atoms with Crippen LogP contribution in [0.2, 0.25) is 0 Å². The summed E-state index contributed by atoms with van der Waals surface area (Å²) in [6, 6.07) is 10.4. The molecule has 2 rings (SSSR count). The van der Waals surface area contributed by atoms with Crippen molar-refractivity contribution in [2.45, 2.75) is 13.8 Å². The second-order valence-electron chi connectivity index (χ2n) is 3.82. The summed E-state index contributed by atoms with van der Waals surface area (Å²) in [5.41, 5.74) is 9.14.